The lowest BCUT2D eigenvalue weighted by Crippen LogP contribution is -2.52. The van der Waals surface area contributed by atoms with Crippen molar-refractivity contribution in [2.45, 2.75) is 50.2 Å². The highest BCUT2D eigenvalue weighted by Gasteiger charge is 2.35. The molecule has 1 aliphatic heterocycles. The van der Waals surface area contributed by atoms with Gasteiger partial charge < -0.3 is 16.2 Å². The standard InChI is InChI=1S/C13H25N3O2/c14-12(17)9-16(11-3-7-15-8-4-11)10-13(18)5-1-2-6-13/h11,15,18H,1-10H2,(H2,14,17). The number of rotatable bonds is 5. The zero-order chi connectivity index (χ0) is 13.0. The second-order valence-corrected chi connectivity index (χ2v) is 5.78. The molecule has 1 heterocycles. The molecule has 0 radical (unpaired) electrons. The lowest BCUT2D eigenvalue weighted by Gasteiger charge is -2.38. The molecule has 5 heteroatoms. The first-order chi connectivity index (χ1) is 8.59. The number of amides is 1. The van der Waals surface area contributed by atoms with Crippen LogP contribution in [0.15, 0.2) is 0 Å². The molecule has 2 rings (SSSR count). The SMILES string of the molecule is NC(=O)CN(CC1(O)CCCC1)C1CCNCC1. The molecule has 1 saturated heterocycles. The second-order valence-electron chi connectivity index (χ2n) is 5.78. The van der Waals surface area contributed by atoms with Gasteiger partial charge in [-0.2, -0.15) is 0 Å². The lowest BCUT2D eigenvalue weighted by molar-refractivity contribution is -0.121. The minimum absolute atomic E-state index is 0.271. The first-order valence-electron chi connectivity index (χ1n) is 7.04. The predicted molar refractivity (Wildman–Crippen MR) is 70.1 cm³/mol. The normalized spacial score (nSPS) is 24.6. The molecule has 0 aromatic heterocycles. The smallest absolute Gasteiger partial charge is 0.231 e. The Morgan fingerprint density at radius 1 is 1.33 bits per heavy atom. The zero-order valence-corrected chi connectivity index (χ0v) is 11.0. The van der Waals surface area contributed by atoms with Crippen molar-refractivity contribution >= 4 is 5.91 Å². The van der Waals surface area contributed by atoms with E-state index in [1.54, 1.807) is 0 Å². The van der Waals surface area contributed by atoms with Gasteiger partial charge in [0.2, 0.25) is 5.91 Å². The largest absolute Gasteiger partial charge is 0.389 e. The van der Waals surface area contributed by atoms with Crippen molar-refractivity contribution in [1.29, 1.82) is 0 Å². The van der Waals surface area contributed by atoms with E-state index in [2.05, 4.69) is 10.2 Å². The van der Waals surface area contributed by atoms with E-state index in [-0.39, 0.29) is 12.5 Å². The Morgan fingerprint density at radius 2 is 1.94 bits per heavy atom. The average molecular weight is 255 g/mol. The van der Waals surface area contributed by atoms with Crippen molar-refractivity contribution in [1.82, 2.24) is 10.2 Å². The Hall–Kier alpha value is -0.650. The second kappa shape index (κ2) is 5.99. The number of nitrogens with two attached hydrogens (primary N) is 1. The molecule has 0 bridgehead atoms. The van der Waals surface area contributed by atoms with Gasteiger partial charge in [-0.25, -0.2) is 0 Å². The minimum atomic E-state index is -0.597. The van der Waals surface area contributed by atoms with Gasteiger partial charge in [0.1, 0.15) is 0 Å². The van der Waals surface area contributed by atoms with Crippen molar-refractivity contribution in [3.63, 3.8) is 0 Å². The summed E-state index contributed by atoms with van der Waals surface area (Å²) in [5.74, 6) is -0.296. The molecule has 0 atom stereocenters. The third-order valence-electron chi connectivity index (χ3n) is 4.22. The Morgan fingerprint density at radius 3 is 2.50 bits per heavy atom. The summed E-state index contributed by atoms with van der Waals surface area (Å²) in [4.78, 5) is 13.3. The minimum Gasteiger partial charge on any atom is -0.389 e. The summed E-state index contributed by atoms with van der Waals surface area (Å²) in [7, 11) is 0. The molecule has 18 heavy (non-hydrogen) atoms. The van der Waals surface area contributed by atoms with Crippen LogP contribution >= 0.6 is 0 Å². The van der Waals surface area contributed by atoms with Gasteiger partial charge in [0.15, 0.2) is 0 Å². The third-order valence-corrected chi connectivity index (χ3v) is 4.22. The topological polar surface area (TPSA) is 78.6 Å². The number of aliphatic hydroxyl groups is 1. The average Bonchev–Trinajstić information content (AvgIpc) is 2.76. The third kappa shape index (κ3) is 3.67. The quantitative estimate of drug-likeness (QED) is 0.637. The van der Waals surface area contributed by atoms with Crippen LogP contribution in [0.5, 0.6) is 0 Å². The summed E-state index contributed by atoms with van der Waals surface area (Å²) in [5.41, 5.74) is 4.74. The van der Waals surface area contributed by atoms with E-state index in [9.17, 15) is 9.90 Å². The van der Waals surface area contributed by atoms with E-state index in [1.165, 1.54) is 0 Å². The van der Waals surface area contributed by atoms with Crippen molar-refractivity contribution in [2.24, 2.45) is 5.73 Å². The summed E-state index contributed by atoms with van der Waals surface area (Å²) in [6.07, 6.45) is 5.95. The highest BCUT2D eigenvalue weighted by Crippen LogP contribution is 2.31. The van der Waals surface area contributed by atoms with Crippen molar-refractivity contribution in [3.8, 4) is 0 Å². The molecule has 4 N–H and O–H groups in total. The van der Waals surface area contributed by atoms with Crippen molar-refractivity contribution in [3.05, 3.63) is 0 Å². The van der Waals surface area contributed by atoms with Crippen molar-refractivity contribution in [2.75, 3.05) is 26.2 Å². The molecule has 2 aliphatic rings. The highest BCUT2D eigenvalue weighted by atomic mass is 16.3. The van der Waals surface area contributed by atoms with Gasteiger partial charge in [-0.15, -0.1) is 0 Å². The monoisotopic (exact) mass is 255 g/mol. The number of hydrogen-bond donors (Lipinski definition) is 3. The molecule has 1 aliphatic carbocycles. The molecule has 0 aromatic rings. The summed E-state index contributed by atoms with van der Waals surface area (Å²) < 4.78 is 0. The van der Waals surface area contributed by atoms with Gasteiger partial charge in [-0.05, 0) is 38.8 Å². The van der Waals surface area contributed by atoms with E-state index in [1.807, 2.05) is 0 Å². The number of hydrogen-bond acceptors (Lipinski definition) is 4. The van der Waals surface area contributed by atoms with E-state index in [0.29, 0.717) is 12.6 Å². The van der Waals surface area contributed by atoms with Crippen LogP contribution in [-0.2, 0) is 4.79 Å². The first-order valence-corrected chi connectivity index (χ1v) is 7.04. The lowest BCUT2D eigenvalue weighted by atomic mass is 9.98. The molecule has 1 saturated carbocycles. The van der Waals surface area contributed by atoms with Crippen LogP contribution in [0.1, 0.15) is 38.5 Å². The number of piperidine rings is 1. The molecular formula is C13H25N3O2. The fourth-order valence-corrected chi connectivity index (χ4v) is 3.26. The molecule has 0 spiro atoms. The highest BCUT2D eigenvalue weighted by molar-refractivity contribution is 5.76. The van der Waals surface area contributed by atoms with Crippen LogP contribution in [0, 0.1) is 0 Å². The van der Waals surface area contributed by atoms with Gasteiger partial charge in [0, 0.05) is 12.6 Å². The van der Waals surface area contributed by atoms with Crippen LogP contribution in [0.4, 0.5) is 0 Å². The molecule has 1 amide bonds. The molecule has 0 unspecified atom stereocenters. The van der Waals surface area contributed by atoms with E-state index < -0.39 is 5.60 Å². The van der Waals surface area contributed by atoms with E-state index >= 15 is 0 Å². The van der Waals surface area contributed by atoms with Gasteiger partial charge in [0.05, 0.1) is 12.1 Å². The van der Waals surface area contributed by atoms with Gasteiger partial charge in [-0.1, -0.05) is 12.8 Å². The Labute approximate surface area is 109 Å². The number of primary amides is 1. The number of nitrogens with zero attached hydrogens (tertiary/aromatic N) is 1. The van der Waals surface area contributed by atoms with E-state index in [0.717, 1.165) is 51.6 Å². The molecule has 0 aromatic carbocycles. The Kier molecular flexibility index (Phi) is 4.59. The number of carbonyl (C=O) groups is 1. The Bertz CT molecular complexity index is 284. The maximum Gasteiger partial charge on any atom is 0.231 e. The van der Waals surface area contributed by atoms with Gasteiger partial charge in [0.25, 0.3) is 0 Å². The van der Waals surface area contributed by atoms with Crippen LogP contribution in [0.3, 0.4) is 0 Å². The van der Waals surface area contributed by atoms with Crippen LogP contribution in [0.2, 0.25) is 0 Å². The molecule has 5 nitrogen and oxygen atoms in total. The zero-order valence-electron chi connectivity index (χ0n) is 11.0. The van der Waals surface area contributed by atoms with Gasteiger partial charge >= 0.3 is 0 Å². The number of carbonyl (C=O) groups excluding carboxylic acids is 1. The Balaban J connectivity index is 1.97. The summed E-state index contributed by atoms with van der Waals surface area (Å²) in [6, 6.07) is 0.378. The maximum absolute atomic E-state index is 11.2. The number of nitrogens with one attached hydrogen (secondary N) is 1. The summed E-state index contributed by atoms with van der Waals surface area (Å²) in [6.45, 7) is 2.84. The summed E-state index contributed by atoms with van der Waals surface area (Å²) >= 11 is 0. The maximum atomic E-state index is 11.2. The first kappa shape index (κ1) is 13.8. The van der Waals surface area contributed by atoms with Crippen LogP contribution < -0.4 is 11.1 Å². The fourth-order valence-electron chi connectivity index (χ4n) is 3.26. The molecular weight excluding hydrogens is 230 g/mol. The predicted octanol–water partition coefficient (Wildman–Crippen LogP) is -0.169. The van der Waals surface area contributed by atoms with Crippen LogP contribution in [0.25, 0.3) is 0 Å². The fraction of sp³-hybridized carbons (Fsp3) is 0.923. The molecule has 104 valence electrons. The molecule has 2 fully saturated rings. The van der Waals surface area contributed by atoms with Gasteiger partial charge in [-0.3, -0.25) is 9.69 Å². The van der Waals surface area contributed by atoms with Crippen molar-refractivity contribution < 1.29 is 9.90 Å². The van der Waals surface area contributed by atoms with Crippen LogP contribution in [-0.4, -0.2) is 53.7 Å². The van der Waals surface area contributed by atoms with E-state index in [4.69, 9.17) is 5.73 Å². The summed E-state index contributed by atoms with van der Waals surface area (Å²) in [5, 5.41) is 13.8.